The summed E-state index contributed by atoms with van der Waals surface area (Å²) < 4.78 is 6.20. The van der Waals surface area contributed by atoms with Gasteiger partial charge in [0.25, 0.3) is 0 Å². The summed E-state index contributed by atoms with van der Waals surface area (Å²) in [5.41, 5.74) is 12.8. The van der Waals surface area contributed by atoms with E-state index in [2.05, 4.69) is 104 Å². The van der Waals surface area contributed by atoms with E-state index in [0.29, 0.717) is 0 Å². The van der Waals surface area contributed by atoms with Gasteiger partial charge in [-0.3, -0.25) is 4.98 Å². The van der Waals surface area contributed by atoms with E-state index in [0.717, 1.165) is 68.7 Å². The van der Waals surface area contributed by atoms with Crippen molar-refractivity contribution in [2.45, 2.75) is 54.4 Å². The molecule has 7 rings (SSSR count). The Morgan fingerprint density at radius 3 is 2.17 bits per heavy atom. The Kier molecular flexibility index (Phi) is 10.5. The summed E-state index contributed by atoms with van der Waals surface area (Å²) in [6, 6.07) is 37.6. The zero-order chi connectivity index (χ0) is 32.3. The van der Waals surface area contributed by atoms with E-state index >= 15 is 0 Å². The predicted molar refractivity (Wildman–Crippen MR) is 189 cm³/mol. The van der Waals surface area contributed by atoms with E-state index in [1.54, 1.807) is 0 Å². The number of benzene rings is 3. The molecule has 0 spiro atoms. The number of fused-ring (bicyclic) bond motifs is 3. The molecule has 4 aromatic heterocycles. The summed E-state index contributed by atoms with van der Waals surface area (Å²) in [7, 11) is 0. The van der Waals surface area contributed by atoms with Crippen LogP contribution in [0.3, 0.4) is 0 Å². The summed E-state index contributed by atoms with van der Waals surface area (Å²) in [4.78, 5) is 13.9. The van der Waals surface area contributed by atoms with E-state index in [-0.39, 0.29) is 25.5 Å². The number of nitrogens with zero attached hydrogens (tertiary/aromatic N) is 3. The standard InChI is InChI=1S/C29H27N2O.C13H12N.Ir/c1-19-14-27-28(25(31-19)15-20-8-6-5-7-9-20)23-17-22(10-11-26(23)32-27)24-16-21(12-13-30-24)18-29(2,3)4;1-10-3-6-12(7-4-10)13-8-5-11(2)9-14-13;/h5-9,11-14,16-17H,15,18H2,1-4H3;3-6,8-9H,1-2H3;/q2*-1;. The normalized spacial score (nSPS) is 11.2. The smallest absolute Gasteiger partial charge is 0.124 e. The Balaban J connectivity index is 0.000000243. The average Bonchev–Trinajstić information content (AvgIpc) is 3.40. The average molecular weight is 794 g/mol. The minimum atomic E-state index is 0. The molecule has 47 heavy (non-hydrogen) atoms. The van der Waals surface area contributed by atoms with Crippen LogP contribution in [0.1, 0.15) is 54.4 Å². The molecule has 1 radical (unpaired) electrons. The van der Waals surface area contributed by atoms with Crippen molar-refractivity contribution in [3.05, 3.63) is 149 Å². The van der Waals surface area contributed by atoms with Gasteiger partial charge in [0.1, 0.15) is 5.58 Å². The number of aryl methyl sites for hydroxylation is 3. The predicted octanol–water partition coefficient (Wildman–Crippen LogP) is 10.5. The second-order valence-electron chi connectivity index (χ2n) is 13.3. The third-order valence-corrected chi connectivity index (χ3v) is 7.79. The number of hydrogen-bond acceptors (Lipinski definition) is 4. The quantitative estimate of drug-likeness (QED) is 0.163. The van der Waals surface area contributed by atoms with Crippen LogP contribution in [-0.2, 0) is 32.9 Å². The molecule has 0 aliphatic heterocycles. The first-order valence-corrected chi connectivity index (χ1v) is 15.8. The Hall–Kier alpha value is -4.44. The molecule has 7 aromatic rings. The van der Waals surface area contributed by atoms with Crippen LogP contribution in [0.5, 0.6) is 0 Å². The molecule has 3 aromatic carbocycles. The molecule has 239 valence electrons. The fraction of sp³-hybridized carbons (Fsp3) is 0.214. The summed E-state index contributed by atoms with van der Waals surface area (Å²) in [5.74, 6) is 0. The minimum Gasteiger partial charge on any atom is -0.500 e. The number of aromatic nitrogens is 3. The van der Waals surface area contributed by atoms with Gasteiger partial charge >= 0.3 is 0 Å². The largest absolute Gasteiger partial charge is 0.500 e. The summed E-state index contributed by atoms with van der Waals surface area (Å²) in [6.07, 6.45) is 5.54. The second kappa shape index (κ2) is 14.5. The molecule has 0 saturated carbocycles. The maximum atomic E-state index is 6.20. The van der Waals surface area contributed by atoms with Gasteiger partial charge in [-0.15, -0.1) is 59.2 Å². The van der Waals surface area contributed by atoms with Crippen molar-refractivity contribution < 1.29 is 24.5 Å². The molecule has 0 amide bonds. The van der Waals surface area contributed by atoms with E-state index in [4.69, 9.17) is 9.40 Å². The van der Waals surface area contributed by atoms with Crippen molar-refractivity contribution in [3.63, 3.8) is 0 Å². The number of rotatable bonds is 5. The zero-order valence-electron chi connectivity index (χ0n) is 27.8. The van der Waals surface area contributed by atoms with Gasteiger partial charge < -0.3 is 14.4 Å². The third kappa shape index (κ3) is 8.48. The molecule has 5 heteroatoms. The summed E-state index contributed by atoms with van der Waals surface area (Å²) in [5, 5.41) is 2.14. The molecule has 0 N–H and O–H groups in total. The summed E-state index contributed by atoms with van der Waals surface area (Å²) in [6.45, 7) is 12.9. The van der Waals surface area contributed by atoms with Crippen LogP contribution < -0.4 is 0 Å². The molecule has 0 saturated heterocycles. The molecule has 0 aliphatic carbocycles. The SMILES string of the molecule is Cc1c[c-]c(-c2ccc(C)cn2)cc1.Cc1cc2oc3c[c-]c(-c4cc(CC(C)(C)C)ccn4)cc3c2c(Cc2ccccc2)n1.[Ir]. The molecule has 0 aliphatic rings. The molecule has 0 atom stereocenters. The fourth-order valence-corrected chi connectivity index (χ4v) is 5.65. The summed E-state index contributed by atoms with van der Waals surface area (Å²) >= 11 is 0. The van der Waals surface area contributed by atoms with Gasteiger partial charge in [0.15, 0.2) is 0 Å². The van der Waals surface area contributed by atoms with Crippen molar-refractivity contribution in [1.82, 2.24) is 15.0 Å². The van der Waals surface area contributed by atoms with Crippen LogP contribution >= 0.6 is 0 Å². The van der Waals surface area contributed by atoms with E-state index < -0.39 is 0 Å². The van der Waals surface area contributed by atoms with Crippen molar-refractivity contribution in [2.75, 3.05) is 0 Å². The van der Waals surface area contributed by atoms with Gasteiger partial charge in [-0.2, -0.15) is 0 Å². The number of furan rings is 1. The number of pyridine rings is 3. The van der Waals surface area contributed by atoms with Crippen LogP contribution in [0.4, 0.5) is 0 Å². The third-order valence-electron chi connectivity index (χ3n) is 7.79. The topological polar surface area (TPSA) is 51.8 Å². The van der Waals surface area contributed by atoms with Gasteiger partial charge in [0, 0.05) is 56.1 Å². The molecular weight excluding hydrogens is 755 g/mol. The first-order valence-electron chi connectivity index (χ1n) is 15.8. The first-order chi connectivity index (χ1) is 22.1. The number of hydrogen-bond donors (Lipinski definition) is 0. The van der Waals surface area contributed by atoms with Crippen molar-refractivity contribution >= 4 is 21.9 Å². The van der Waals surface area contributed by atoms with Crippen LogP contribution in [-0.4, -0.2) is 15.0 Å². The molecule has 4 heterocycles. The molecule has 0 fully saturated rings. The first kappa shape index (κ1) is 33.9. The van der Waals surface area contributed by atoms with E-state index in [1.807, 2.05) is 62.6 Å². The maximum Gasteiger partial charge on any atom is 0.124 e. The van der Waals surface area contributed by atoms with Gasteiger partial charge in [0.2, 0.25) is 0 Å². The van der Waals surface area contributed by atoms with Gasteiger partial charge in [0.05, 0.1) is 11.3 Å². The maximum absolute atomic E-state index is 6.20. The van der Waals surface area contributed by atoms with Gasteiger partial charge in [-0.1, -0.05) is 87.2 Å². The van der Waals surface area contributed by atoms with E-state index in [9.17, 15) is 0 Å². The van der Waals surface area contributed by atoms with E-state index in [1.165, 1.54) is 22.3 Å². The Morgan fingerprint density at radius 2 is 1.47 bits per heavy atom. The van der Waals surface area contributed by atoms with Crippen LogP contribution in [0, 0.1) is 38.3 Å². The monoisotopic (exact) mass is 794 g/mol. The van der Waals surface area contributed by atoms with Gasteiger partial charge in [-0.05, 0) is 54.3 Å². The van der Waals surface area contributed by atoms with Crippen LogP contribution in [0.15, 0.2) is 108 Å². The Bertz CT molecular complexity index is 2050. The Labute approximate surface area is 291 Å². The van der Waals surface area contributed by atoms with Crippen LogP contribution in [0.25, 0.3) is 44.5 Å². The minimum absolute atomic E-state index is 0. The zero-order valence-corrected chi connectivity index (χ0v) is 30.2. The fourth-order valence-electron chi connectivity index (χ4n) is 5.65. The molecular formula is C42H39IrN3O-2. The molecule has 4 nitrogen and oxygen atoms in total. The van der Waals surface area contributed by atoms with Crippen molar-refractivity contribution in [3.8, 4) is 22.5 Å². The molecule has 0 bridgehead atoms. The van der Waals surface area contributed by atoms with Crippen molar-refractivity contribution in [2.24, 2.45) is 5.41 Å². The van der Waals surface area contributed by atoms with Gasteiger partial charge in [-0.25, -0.2) is 0 Å². The second-order valence-corrected chi connectivity index (χ2v) is 13.3. The molecule has 0 unspecified atom stereocenters. The van der Waals surface area contributed by atoms with Crippen LogP contribution in [0.2, 0.25) is 0 Å². The Morgan fingerprint density at radius 1 is 0.702 bits per heavy atom. The van der Waals surface area contributed by atoms with Crippen molar-refractivity contribution in [1.29, 1.82) is 0 Å².